The van der Waals surface area contributed by atoms with Gasteiger partial charge in [-0.25, -0.2) is 13.1 Å². The van der Waals surface area contributed by atoms with Gasteiger partial charge in [-0.3, -0.25) is 10.1 Å². The Labute approximate surface area is 124 Å². The molecule has 1 atom stereocenters. The van der Waals surface area contributed by atoms with Crippen molar-refractivity contribution in [2.45, 2.75) is 44.6 Å². The number of hydrogen-bond donors (Lipinski definition) is 2. The Kier molecular flexibility index (Phi) is 5.68. The number of nitrogen functional groups attached to an aromatic ring is 1. The second kappa shape index (κ2) is 6.86. The summed E-state index contributed by atoms with van der Waals surface area (Å²) in [7, 11) is -3.98. The molecule has 0 radical (unpaired) electrons. The van der Waals surface area contributed by atoms with Gasteiger partial charge >= 0.3 is 0 Å². The predicted octanol–water partition coefficient (Wildman–Crippen LogP) is 2.28. The van der Waals surface area contributed by atoms with Crippen LogP contribution in [0.15, 0.2) is 23.1 Å². The van der Waals surface area contributed by atoms with Crippen LogP contribution in [0.2, 0.25) is 0 Å². The third kappa shape index (κ3) is 4.98. The Balaban J connectivity index is 3.02. The average molecular weight is 315 g/mol. The molecule has 7 nitrogen and oxygen atoms in total. The lowest BCUT2D eigenvalue weighted by atomic mass is 10.1. The number of sulfonamides is 1. The van der Waals surface area contributed by atoms with Crippen molar-refractivity contribution in [2.75, 3.05) is 5.73 Å². The summed E-state index contributed by atoms with van der Waals surface area (Å²) in [6.07, 6.45) is 1.52. The molecule has 1 unspecified atom stereocenters. The van der Waals surface area contributed by atoms with E-state index in [1.165, 1.54) is 6.07 Å². The molecule has 118 valence electrons. The molecule has 0 bridgehead atoms. The van der Waals surface area contributed by atoms with E-state index in [-0.39, 0.29) is 11.7 Å². The highest BCUT2D eigenvalue weighted by atomic mass is 32.2. The summed E-state index contributed by atoms with van der Waals surface area (Å²) in [5, 5.41) is 11.0. The molecule has 0 saturated carbocycles. The molecule has 21 heavy (non-hydrogen) atoms. The molecule has 1 aromatic carbocycles. The third-order valence-corrected chi connectivity index (χ3v) is 4.62. The van der Waals surface area contributed by atoms with E-state index < -0.39 is 25.5 Å². The van der Waals surface area contributed by atoms with E-state index in [0.29, 0.717) is 12.3 Å². The summed E-state index contributed by atoms with van der Waals surface area (Å²) in [5.41, 5.74) is 5.22. The minimum atomic E-state index is -3.98. The molecule has 3 N–H and O–H groups in total. The first-order valence-electron chi connectivity index (χ1n) is 6.69. The van der Waals surface area contributed by atoms with Crippen LogP contribution in [-0.2, 0) is 10.0 Å². The molecule has 0 saturated heterocycles. The minimum Gasteiger partial charge on any atom is -0.399 e. The number of nitrogens with zero attached hydrogens (tertiary/aromatic N) is 1. The molecule has 0 aliphatic carbocycles. The molecule has 0 spiro atoms. The van der Waals surface area contributed by atoms with Gasteiger partial charge < -0.3 is 5.73 Å². The standard InChI is InChI=1S/C13H21N3O4S/c1-9(2)4-5-10(3)15-21(19,20)13-8-11(14)6-7-12(13)16(17)18/h6-10,15H,4-5,14H2,1-3H3. The average Bonchev–Trinajstić information content (AvgIpc) is 2.35. The van der Waals surface area contributed by atoms with E-state index in [9.17, 15) is 18.5 Å². The van der Waals surface area contributed by atoms with E-state index in [1.54, 1.807) is 6.92 Å². The summed E-state index contributed by atoms with van der Waals surface area (Å²) in [6, 6.07) is 3.20. The van der Waals surface area contributed by atoms with Crippen LogP contribution in [0, 0.1) is 16.0 Å². The zero-order chi connectivity index (χ0) is 16.2. The molecular formula is C13H21N3O4S. The van der Waals surface area contributed by atoms with Gasteiger partial charge in [0.2, 0.25) is 10.0 Å². The van der Waals surface area contributed by atoms with Crippen molar-refractivity contribution < 1.29 is 13.3 Å². The molecule has 1 rings (SSSR count). The van der Waals surface area contributed by atoms with Crippen LogP contribution < -0.4 is 10.5 Å². The van der Waals surface area contributed by atoms with Crippen LogP contribution in [0.5, 0.6) is 0 Å². The van der Waals surface area contributed by atoms with Crippen molar-refractivity contribution in [3.05, 3.63) is 28.3 Å². The summed E-state index contributed by atoms with van der Waals surface area (Å²) < 4.78 is 27.0. The number of anilines is 1. The molecule has 0 fully saturated rings. The summed E-state index contributed by atoms with van der Waals surface area (Å²) in [4.78, 5) is 9.82. The van der Waals surface area contributed by atoms with E-state index >= 15 is 0 Å². The first kappa shape index (κ1) is 17.4. The Morgan fingerprint density at radius 1 is 1.29 bits per heavy atom. The highest BCUT2D eigenvalue weighted by molar-refractivity contribution is 7.89. The van der Waals surface area contributed by atoms with Crippen molar-refractivity contribution in [3.63, 3.8) is 0 Å². The molecule has 0 amide bonds. The maximum absolute atomic E-state index is 12.3. The van der Waals surface area contributed by atoms with Crippen LogP contribution in [-0.4, -0.2) is 19.4 Å². The lowest BCUT2D eigenvalue weighted by molar-refractivity contribution is -0.387. The lowest BCUT2D eigenvalue weighted by Gasteiger charge is -2.15. The quantitative estimate of drug-likeness (QED) is 0.455. The topological polar surface area (TPSA) is 115 Å². The van der Waals surface area contributed by atoms with Crippen LogP contribution in [0.4, 0.5) is 11.4 Å². The second-order valence-corrected chi connectivity index (χ2v) is 7.16. The largest absolute Gasteiger partial charge is 0.399 e. The maximum atomic E-state index is 12.3. The van der Waals surface area contributed by atoms with Gasteiger partial charge in [-0.15, -0.1) is 0 Å². The fourth-order valence-electron chi connectivity index (χ4n) is 1.87. The molecule has 8 heteroatoms. The normalized spacial score (nSPS) is 13.3. The van der Waals surface area contributed by atoms with Gasteiger partial charge in [0.15, 0.2) is 4.90 Å². The Morgan fingerprint density at radius 2 is 1.90 bits per heavy atom. The third-order valence-electron chi connectivity index (χ3n) is 3.00. The van der Waals surface area contributed by atoms with Gasteiger partial charge in [0.25, 0.3) is 5.69 Å². The fourth-order valence-corrected chi connectivity index (χ4v) is 3.35. The molecule has 0 aromatic heterocycles. The van der Waals surface area contributed by atoms with Gasteiger partial charge in [0.1, 0.15) is 0 Å². The van der Waals surface area contributed by atoms with Crippen molar-refractivity contribution in [1.29, 1.82) is 0 Å². The molecule has 1 aromatic rings. The van der Waals surface area contributed by atoms with E-state index in [0.717, 1.165) is 18.6 Å². The first-order chi connectivity index (χ1) is 9.63. The zero-order valence-electron chi connectivity index (χ0n) is 12.4. The number of nitrogens with two attached hydrogens (primary N) is 1. The Hall–Kier alpha value is -1.67. The highest BCUT2D eigenvalue weighted by Crippen LogP contribution is 2.26. The van der Waals surface area contributed by atoms with Crippen molar-refractivity contribution in [3.8, 4) is 0 Å². The monoisotopic (exact) mass is 315 g/mol. The summed E-state index contributed by atoms with van der Waals surface area (Å²) in [5.74, 6) is 0.457. The van der Waals surface area contributed by atoms with Crippen LogP contribution >= 0.6 is 0 Å². The zero-order valence-corrected chi connectivity index (χ0v) is 13.2. The van der Waals surface area contributed by atoms with Gasteiger partial charge in [-0.05, 0) is 37.8 Å². The summed E-state index contributed by atoms with van der Waals surface area (Å²) >= 11 is 0. The van der Waals surface area contributed by atoms with E-state index in [2.05, 4.69) is 4.72 Å². The number of benzene rings is 1. The van der Waals surface area contributed by atoms with Crippen LogP contribution in [0.25, 0.3) is 0 Å². The maximum Gasteiger partial charge on any atom is 0.289 e. The Morgan fingerprint density at radius 3 is 2.43 bits per heavy atom. The predicted molar refractivity (Wildman–Crippen MR) is 81.4 cm³/mol. The van der Waals surface area contributed by atoms with Crippen LogP contribution in [0.3, 0.4) is 0 Å². The number of hydrogen-bond acceptors (Lipinski definition) is 5. The van der Waals surface area contributed by atoms with Crippen LogP contribution in [0.1, 0.15) is 33.6 Å². The smallest absolute Gasteiger partial charge is 0.289 e. The van der Waals surface area contributed by atoms with Crippen molar-refractivity contribution in [2.24, 2.45) is 5.92 Å². The second-order valence-electron chi connectivity index (χ2n) is 5.48. The number of nitrogens with one attached hydrogen (secondary N) is 1. The number of nitro groups is 1. The minimum absolute atomic E-state index is 0.163. The van der Waals surface area contributed by atoms with E-state index in [1.807, 2.05) is 13.8 Å². The van der Waals surface area contributed by atoms with Crippen molar-refractivity contribution in [1.82, 2.24) is 4.72 Å². The molecule has 0 aliphatic heterocycles. The highest BCUT2D eigenvalue weighted by Gasteiger charge is 2.27. The van der Waals surface area contributed by atoms with Gasteiger partial charge in [0, 0.05) is 17.8 Å². The lowest BCUT2D eigenvalue weighted by Crippen LogP contribution is -2.33. The van der Waals surface area contributed by atoms with Crippen molar-refractivity contribution >= 4 is 21.4 Å². The van der Waals surface area contributed by atoms with Gasteiger partial charge in [0.05, 0.1) is 4.92 Å². The molecule has 0 aliphatic rings. The van der Waals surface area contributed by atoms with Gasteiger partial charge in [-0.1, -0.05) is 13.8 Å². The Bertz CT molecular complexity index is 614. The summed E-state index contributed by atoms with van der Waals surface area (Å²) in [6.45, 7) is 5.83. The molecule has 0 heterocycles. The number of rotatable bonds is 7. The van der Waals surface area contributed by atoms with E-state index in [4.69, 9.17) is 5.73 Å². The number of nitro benzene ring substituents is 1. The van der Waals surface area contributed by atoms with Gasteiger partial charge in [-0.2, -0.15) is 0 Å². The SMILES string of the molecule is CC(C)CCC(C)NS(=O)(=O)c1cc(N)ccc1[N+](=O)[O-]. The fraction of sp³-hybridized carbons (Fsp3) is 0.538. The molecular weight excluding hydrogens is 294 g/mol. The first-order valence-corrected chi connectivity index (χ1v) is 8.18.